The van der Waals surface area contributed by atoms with E-state index in [1.165, 1.54) is 6.08 Å². The van der Waals surface area contributed by atoms with Gasteiger partial charge in [0.05, 0.1) is 29.5 Å². The van der Waals surface area contributed by atoms with Crippen LogP contribution in [0.3, 0.4) is 0 Å². The highest BCUT2D eigenvalue weighted by atomic mass is 35.5. The second-order valence-electron chi connectivity index (χ2n) is 4.47. The van der Waals surface area contributed by atoms with Crippen molar-refractivity contribution in [1.29, 1.82) is 0 Å². The molecule has 1 amide bonds. The van der Waals surface area contributed by atoms with E-state index < -0.39 is 0 Å². The second-order valence-corrected chi connectivity index (χ2v) is 5.65. The third-order valence-electron chi connectivity index (χ3n) is 3.28. The van der Waals surface area contributed by atoms with E-state index in [4.69, 9.17) is 11.6 Å². The monoisotopic (exact) mass is 309 g/mol. The van der Waals surface area contributed by atoms with Crippen LogP contribution in [0.5, 0.6) is 0 Å². The van der Waals surface area contributed by atoms with Crippen LogP contribution in [0.1, 0.15) is 24.2 Å². The zero-order valence-corrected chi connectivity index (χ0v) is 13.0. The molecule has 2 rings (SSSR count). The van der Waals surface area contributed by atoms with Gasteiger partial charge in [-0.15, -0.1) is 0 Å². The van der Waals surface area contributed by atoms with Gasteiger partial charge < -0.3 is 4.90 Å². The van der Waals surface area contributed by atoms with E-state index in [-0.39, 0.29) is 11.9 Å². The first-order chi connectivity index (χ1) is 9.54. The summed E-state index contributed by atoms with van der Waals surface area (Å²) in [5.41, 5.74) is 1.91. The van der Waals surface area contributed by atoms with Crippen LogP contribution in [0.15, 0.2) is 35.7 Å². The van der Waals surface area contributed by atoms with E-state index in [1.54, 1.807) is 27.1 Å². The predicted molar refractivity (Wildman–Crippen MR) is 81.7 cm³/mol. The summed E-state index contributed by atoms with van der Waals surface area (Å²) in [5.74, 6) is -0.124. The molecule has 0 N–H and O–H groups in total. The fourth-order valence-corrected chi connectivity index (χ4v) is 2.96. The van der Waals surface area contributed by atoms with Gasteiger partial charge in [0.25, 0.3) is 0 Å². The van der Waals surface area contributed by atoms with Crippen LogP contribution in [0.4, 0.5) is 0 Å². The molecule has 0 aliphatic carbocycles. The van der Waals surface area contributed by atoms with Gasteiger partial charge in [-0.2, -0.15) is 16.4 Å². The van der Waals surface area contributed by atoms with Gasteiger partial charge >= 0.3 is 0 Å². The molecule has 0 aromatic carbocycles. The van der Waals surface area contributed by atoms with Crippen molar-refractivity contribution < 1.29 is 4.79 Å². The van der Waals surface area contributed by atoms with Gasteiger partial charge in [-0.05, 0) is 35.4 Å². The normalized spacial score (nSPS) is 12.2. The highest BCUT2D eigenvalue weighted by Gasteiger charge is 2.22. The number of aromatic nitrogens is 2. The molecular weight excluding hydrogens is 294 g/mol. The molecule has 0 saturated heterocycles. The molecule has 0 aliphatic heterocycles. The average molecular weight is 310 g/mol. The summed E-state index contributed by atoms with van der Waals surface area (Å²) in [6, 6.07) is 1.97. The zero-order valence-electron chi connectivity index (χ0n) is 11.4. The summed E-state index contributed by atoms with van der Waals surface area (Å²) in [4.78, 5) is 13.9. The number of hydrogen-bond donors (Lipinski definition) is 0. The quantitative estimate of drug-likeness (QED) is 0.794. The van der Waals surface area contributed by atoms with Gasteiger partial charge in [0, 0.05) is 7.05 Å². The number of carbonyl (C=O) groups is 1. The SMILES string of the molecule is C=CC(=O)N(Cc1c(Cl)cnn1C)[C@@H](C)c1ccsc1. The van der Waals surface area contributed by atoms with Crippen LogP contribution in [-0.4, -0.2) is 20.6 Å². The molecule has 2 heterocycles. The maximum Gasteiger partial charge on any atom is 0.246 e. The molecule has 0 saturated carbocycles. The molecule has 106 valence electrons. The molecular formula is C14H16ClN3OS. The van der Waals surface area contributed by atoms with Crippen molar-refractivity contribution in [2.75, 3.05) is 0 Å². The van der Waals surface area contributed by atoms with E-state index in [9.17, 15) is 4.79 Å². The zero-order chi connectivity index (χ0) is 14.7. The van der Waals surface area contributed by atoms with E-state index in [0.29, 0.717) is 11.6 Å². The summed E-state index contributed by atoms with van der Waals surface area (Å²) in [6.07, 6.45) is 2.91. The molecule has 20 heavy (non-hydrogen) atoms. The van der Waals surface area contributed by atoms with Gasteiger partial charge in [-0.1, -0.05) is 18.2 Å². The first-order valence-corrected chi connectivity index (χ1v) is 7.48. The number of aryl methyl sites for hydroxylation is 1. The number of carbonyl (C=O) groups excluding carboxylic acids is 1. The van der Waals surface area contributed by atoms with E-state index >= 15 is 0 Å². The Balaban J connectivity index is 2.29. The largest absolute Gasteiger partial charge is 0.326 e. The predicted octanol–water partition coefficient (Wildman–Crippen LogP) is 3.41. The molecule has 1 atom stereocenters. The van der Waals surface area contributed by atoms with Crippen LogP contribution >= 0.6 is 22.9 Å². The Bertz CT molecular complexity index is 586. The molecule has 0 bridgehead atoms. The van der Waals surface area contributed by atoms with Crippen LogP contribution < -0.4 is 0 Å². The summed E-state index contributed by atoms with van der Waals surface area (Å²) in [7, 11) is 1.81. The van der Waals surface area contributed by atoms with Crippen LogP contribution in [-0.2, 0) is 18.4 Å². The molecule has 0 unspecified atom stereocenters. The minimum absolute atomic E-state index is 0.0438. The highest BCUT2D eigenvalue weighted by Crippen LogP contribution is 2.26. The third-order valence-corrected chi connectivity index (χ3v) is 4.30. The van der Waals surface area contributed by atoms with Crippen molar-refractivity contribution in [3.8, 4) is 0 Å². The Kier molecular flexibility index (Phi) is 4.62. The van der Waals surface area contributed by atoms with Crippen molar-refractivity contribution in [3.05, 3.63) is 52.0 Å². The Labute approximate surface area is 127 Å². The van der Waals surface area contributed by atoms with E-state index in [1.807, 2.05) is 30.8 Å². The highest BCUT2D eigenvalue weighted by molar-refractivity contribution is 7.07. The molecule has 0 spiro atoms. The van der Waals surface area contributed by atoms with Crippen molar-refractivity contribution >= 4 is 28.8 Å². The van der Waals surface area contributed by atoms with Gasteiger partial charge in [0.1, 0.15) is 0 Å². The molecule has 0 radical (unpaired) electrons. The Morgan fingerprint density at radius 3 is 2.95 bits per heavy atom. The lowest BCUT2D eigenvalue weighted by atomic mass is 10.1. The lowest BCUT2D eigenvalue weighted by molar-refractivity contribution is -0.128. The number of nitrogens with zero attached hydrogens (tertiary/aromatic N) is 3. The maximum atomic E-state index is 12.1. The topological polar surface area (TPSA) is 38.1 Å². The molecule has 0 fully saturated rings. The summed E-state index contributed by atoms with van der Waals surface area (Å²) < 4.78 is 1.69. The van der Waals surface area contributed by atoms with Gasteiger partial charge in [0.15, 0.2) is 0 Å². The second kappa shape index (κ2) is 6.24. The molecule has 0 aliphatic rings. The smallest absolute Gasteiger partial charge is 0.246 e. The third kappa shape index (κ3) is 2.94. The van der Waals surface area contributed by atoms with Crippen LogP contribution in [0.25, 0.3) is 0 Å². The average Bonchev–Trinajstić information content (AvgIpc) is 3.07. The van der Waals surface area contributed by atoms with Gasteiger partial charge in [0.2, 0.25) is 5.91 Å². The van der Waals surface area contributed by atoms with Crippen molar-refractivity contribution in [2.45, 2.75) is 19.5 Å². The Morgan fingerprint density at radius 1 is 1.70 bits per heavy atom. The summed E-state index contributed by atoms with van der Waals surface area (Å²) in [6.45, 7) is 5.97. The summed E-state index contributed by atoms with van der Waals surface area (Å²) >= 11 is 7.73. The van der Waals surface area contributed by atoms with Gasteiger partial charge in [-0.25, -0.2) is 0 Å². The minimum atomic E-state index is -0.124. The molecule has 2 aromatic rings. The van der Waals surface area contributed by atoms with Crippen molar-refractivity contribution in [3.63, 3.8) is 0 Å². The molecule has 6 heteroatoms. The fourth-order valence-electron chi connectivity index (χ4n) is 1.99. The standard InChI is InChI=1S/C14H16ClN3OS/c1-4-14(19)18(10(2)11-5-6-20-9-11)8-13-12(15)7-16-17(13)3/h4-7,9-10H,1,8H2,2-3H3/t10-/m0/s1. The first-order valence-electron chi connectivity index (χ1n) is 6.16. The van der Waals surface area contributed by atoms with Crippen molar-refractivity contribution in [1.82, 2.24) is 14.7 Å². The maximum absolute atomic E-state index is 12.1. The Hall–Kier alpha value is -1.59. The number of amides is 1. The first kappa shape index (κ1) is 14.8. The van der Waals surface area contributed by atoms with E-state index in [0.717, 1.165) is 11.3 Å². The lowest BCUT2D eigenvalue weighted by Gasteiger charge is -2.28. The molecule has 4 nitrogen and oxygen atoms in total. The van der Waals surface area contributed by atoms with Gasteiger partial charge in [-0.3, -0.25) is 9.48 Å². The number of halogens is 1. The number of hydrogen-bond acceptors (Lipinski definition) is 3. The number of thiophene rings is 1. The van der Waals surface area contributed by atoms with Crippen LogP contribution in [0.2, 0.25) is 5.02 Å². The minimum Gasteiger partial charge on any atom is -0.326 e. The van der Waals surface area contributed by atoms with E-state index in [2.05, 4.69) is 11.7 Å². The van der Waals surface area contributed by atoms with Crippen molar-refractivity contribution in [2.24, 2.45) is 7.05 Å². The Morgan fingerprint density at radius 2 is 2.45 bits per heavy atom. The lowest BCUT2D eigenvalue weighted by Crippen LogP contribution is -2.32. The fraction of sp³-hybridized carbons (Fsp3) is 0.286. The molecule has 2 aromatic heterocycles. The van der Waals surface area contributed by atoms with Crippen LogP contribution in [0, 0.1) is 0 Å². The number of rotatable bonds is 5. The summed E-state index contributed by atoms with van der Waals surface area (Å²) in [5, 5.41) is 8.70.